The number of nitrogens with zero attached hydrogens (tertiary/aromatic N) is 5. The molecular formula is C24H28N6O4. The Hall–Kier alpha value is -3.53. The minimum atomic E-state index is -0.282. The molecule has 0 unspecified atom stereocenters. The molecule has 0 radical (unpaired) electrons. The Morgan fingerprint density at radius 1 is 1.15 bits per heavy atom. The molecule has 2 amide bonds. The number of rotatable bonds is 6. The van der Waals surface area contributed by atoms with E-state index in [-0.39, 0.29) is 36.2 Å². The average Bonchev–Trinajstić information content (AvgIpc) is 3.60. The van der Waals surface area contributed by atoms with E-state index in [0.717, 1.165) is 11.4 Å². The highest BCUT2D eigenvalue weighted by atomic mass is 16.5. The molecule has 5 rings (SSSR count). The van der Waals surface area contributed by atoms with Crippen LogP contribution in [0.4, 0.5) is 0 Å². The molecule has 1 aliphatic heterocycles. The van der Waals surface area contributed by atoms with E-state index in [4.69, 9.17) is 9.26 Å². The van der Waals surface area contributed by atoms with E-state index in [2.05, 4.69) is 20.4 Å². The van der Waals surface area contributed by atoms with Gasteiger partial charge in [0.25, 0.3) is 0 Å². The molecule has 10 heteroatoms. The number of benzene rings is 1. The topological polar surface area (TPSA) is 115 Å². The summed E-state index contributed by atoms with van der Waals surface area (Å²) in [6, 6.07) is 9.31. The third-order valence-corrected chi connectivity index (χ3v) is 6.61. The van der Waals surface area contributed by atoms with Crippen molar-refractivity contribution in [3.8, 4) is 11.4 Å². The zero-order chi connectivity index (χ0) is 23.5. The third kappa shape index (κ3) is 4.72. The number of hydrogen-bond donors (Lipinski definition) is 1. The summed E-state index contributed by atoms with van der Waals surface area (Å²) in [5.41, 5.74) is 0.854. The normalized spacial score (nSPS) is 22.6. The van der Waals surface area contributed by atoms with Gasteiger partial charge in [-0.15, -0.1) is 0 Å². The first kappa shape index (κ1) is 22.3. The van der Waals surface area contributed by atoms with Gasteiger partial charge in [0.05, 0.1) is 19.1 Å². The molecule has 3 atom stereocenters. The number of ether oxygens (including phenoxy) is 1. The SMILES string of the molecule is Cc1nccn1CC(=O)N[C@H]1C[C@H](C(=O)N2CCOCC2)C[C@H]1c1nc(-c2ccccc2)no1. The lowest BCUT2D eigenvalue weighted by Crippen LogP contribution is -2.44. The molecule has 2 aliphatic rings. The first-order chi connectivity index (χ1) is 16.6. The van der Waals surface area contributed by atoms with E-state index in [1.165, 1.54) is 0 Å². The summed E-state index contributed by atoms with van der Waals surface area (Å²) in [7, 11) is 0. The molecule has 1 N–H and O–H groups in total. The third-order valence-electron chi connectivity index (χ3n) is 6.61. The summed E-state index contributed by atoms with van der Waals surface area (Å²) in [6.45, 7) is 4.31. The van der Waals surface area contributed by atoms with Crippen molar-refractivity contribution >= 4 is 11.8 Å². The summed E-state index contributed by atoms with van der Waals surface area (Å²) in [6.07, 6.45) is 4.51. The molecule has 2 fully saturated rings. The Labute approximate surface area is 197 Å². The van der Waals surface area contributed by atoms with E-state index in [1.54, 1.807) is 17.0 Å². The van der Waals surface area contributed by atoms with Gasteiger partial charge >= 0.3 is 0 Å². The van der Waals surface area contributed by atoms with Crippen LogP contribution < -0.4 is 5.32 Å². The van der Waals surface area contributed by atoms with E-state index < -0.39 is 0 Å². The van der Waals surface area contributed by atoms with Gasteiger partial charge in [0, 0.05) is 43.0 Å². The highest BCUT2D eigenvalue weighted by Crippen LogP contribution is 2.39. The van der Waals surface area contributed by atoms with Gasteiger partial charge in [-0.25, -0.2) is 4.98 Å². The van der Waals surface area contributed by atoms with Crippen LogP contribution >= 0.6 is 0 Å². The Morgan fingerprint density at radius 2 is 1.94 bits per heavy atom. The van der Waals surface area contributed by atoms with Crippen LogP contribution in [0, 0.1) is 12.8 Å². The molecule has 0 bridgehead atoms. The zero-order valence-corrected chi connectivity index (χ0v) is 19.1. The van der Waals surface area contributed by atoms with Crippen molar-refractivity contribution in [3.63, 3.8) is 0 Å². The molecule has 178 valence electrons. The smallest absolute Gasteiger partial charge is 0.240 e. The lowest BCUT2D eigenvalue weighted by atomic mass is 10.0. The van der Waals surface area contributed by atoms with Crippen molar-refractivity contribution in [1.29, 1.82) is 0 Å². The van der Waals surface area contributed by atoms with Crippen LogP contribution in [0.1, 0.15) is 30.5 Å². The van der Waals surface area contributed by atoms with Gasteiger partial charge < -0.3 is 24.0 Å². The summed E-state index contributed by atoms with van der Waals surface area (Å²) in [4.78, 5) is 36.7. The fourth-order valence-electron chi connectivity index (χ4n) is 4.78. The van der Waals surface area contributed by atoms with Gasteiger partial charge in [-0.2, -0.15) is 4.98 Å². The van der Waals surface area contributed by atoms with E-state index in [9.17, 15) is 9.59 Å². The number of carbonyl (C=O) groups excluding carboxylic acids is 2. The van der Waals surface area contributed by atoms with Crippen LogP contribution in [0.2, 0.25) is 0 Å². The van der Waals surface area contributed by atoms with Crippen molar-refractivity contribution in [2.24, 2.45) is 5.92 Å². The Kier molecular flexibility index (Phi) is 6.39. The molecule has 1 saturated heterocycles. The molecule has 3 aromatic rings. The summed E-state index contributed by atoms with van der Waals surface area (Å²) in [5, 5.41) is 7.27. The quantitative estimate of drug-likeness (QED) is 0.591. The standard InChI is InChI=1S/C24H28N6O4/c1-16-25-7-8-30(16)15-21(31)26-20-14-18(24(32)29-9-11-33-12-10-29)13-19(20)23-27-22(28-34-23)17-5-3-2-4-6-17/h2-8,18-20H,9-15H2,1H3,(H,26,31)/t18-,19-,20+/m1/s1. The largest absolute Gasteiger partial charge is 0.378 e. The predicted octanol–water partition coefficient (Wildman–Crippen LogP) is 1.78. The first-order valence-electron chi connectivity index (χ1n) is 11.6. The van der Waals surface area contributed by atoms with E-state index >= 15 is 0 Å². The molecular weight excluding hydrogens is 436 g/mol. The monoisotopic (exact) mass is 464 g/mol. The lowest BCUT2D eigenvalue weighted by Gasteiger charge is -2.29. The van der Waals surface area contributed by atoms with Crippen molar-refractivity contribution < 1.29 is 18.8 Å². The fourth-order valence-corrected chi connectivity index (χ4v) is 4.78. The van der Waals surface area contributed by atoms with Crippen LogP contribution in [0.15, 0.2) is 47.2 Å². The minimum absolute atomic E-state index is 0.0956. The number of carbonyl (C=O) groups is 2. The van der Waals surface area contributed by atoms with Gasteiger partial charge in [0.1, 0.15) is 12.4 Å². The molecule has 1 aliphatic carbocycles. The predicted molar refractivity (Wildman–Crippen MR) is 121 cm³/mol. The van der Waals surface area contributed by atoms with Crippen LogP contribution in [-0.4, -0.2) is 68.8 Å². The Morgan fingerprint density at radius 3 is 2.68 bits per heavy atom. The first-order valence-corrected chi connectivity index (χ1v) is 11.6. The fraction of sp³-hybridized carbons (Fsp3) is 0.458. The highest BCUT2D eigenvalue weighted by Gasteiger charge is 2.43. The van der Waals surface area contributed by atoms with Gasteiger partial charge in [-0.3, -0.25) is 9.59 Å². The van der Waals surface area contributed by atoms with Crippen LogP contribution in [0.25, 0.3) is 11.4 Å². The number of aromatic nitrogens is 4. The summed E-state index contributed by atoms with van der Waals surface area (Å²) < 4.78 is 12.8. The maximum atomic E-state index is 13.2. The zero-order valence-electron chi connectivity index (χ0n) is 19.1. The Balaban J connectivity index is 1.35. The molecule has 0 spiro atoms. The second-order valence-corrected chi connectivity index (χ2v) is 8.81. The highest BCUT2D eigenvalue weighted by molar-refractivity contribution is 5.80. The second-order valence-electron chi connectivity index (χ2n) is 8.81. The number of hydrogen-bond acceptors (Lipinski definition) is 7. The number of nitrogens with one attached hydrogen (secondary N) is 1. The lowest BCUT2D eigenvalue weighted by molar-refractivity contribution is -0.139. The number of amides is 2. The molecule has 1 aromatic carbocycles. The maximum Gasteiger partial charge on any atom is 0.240 e. The van der Waals surface area contributed by atoms with E-state index in [0.29, 0.717) is 50.9 Å². The molecule has 3 heterocycles. The molecule has 1 saturated carbocycles. The van der Waals surface area contributed by atoms with Crippen molar-refractivity contribution in [1.82, 2.24) is 29.9 Å². The van der Waals surface area contributed by atoms with Gasteiger partial charge in [0.15, 0.2) is 0 Å². The number of morpholine rings is 1. The molecule has 10 nitrogen and oxygen atoms in total. The summed E-state index contributed by atoms with van der Waals surface area (Å²) in [5.74, 6) is 1.20. The van der Waals surface area contributed by atoms with Gasteiger partial charge in [-0.1, -0.05) is 35.5 Å². The van der Waals surface area contributed by atoms with Crippen LogP contribution in [-0.2, 0) is 20.9 Å². The van der Waals surface area contributed by atoms with Crippen molar-refractivity contribution in [2.45, 2.75) is 38.3 Å². The Bertz CT molecular complexity index is 1140. The second kappa shape index (κ2) is 9.76. The molecule has 34 heavy (non-hydrogen) atoms. The van der Waals surface area contributed by atoms with Gasteiger partial charge in [-0.05, 0) is 19.8 Å². The number of imidazole rings is 1. The van der Waals surface area contributed by atoms with Crippen LogP contribution in [0.3, 0.4) is 0 Å². The van der Waals surface area contributed by atoms with Gasteiger partial charge in [0.2, 0.25) is 23.5 Å². The van der Waals surface area contributed by atoms with Crippen molar-refractivity contribution in [2.75, 3.05) is 26.3 Å². The maximum absolute atomic E-state index is 13.2. The number of aryl methyl sites for hydroxylation is 1. The average molecular weight is 465 g/mol. The minimum Gasteiger partial charge on any atom is -0.378 e. The summed E-state index contributed by atoms with van der Waals surface area (Å²) >= 11 is 0. The van der Waals surface area contributed by atoms with Crippen LogP contribution in [0.5, 0.6) is 0 Å². The molecule has 2 aromatic heterocycles. The van der Waals surface area contributed by atoms with E-state index in [1.807, 2.05) is 42.2 Å². The van der Waals surface area contributed by atoms with Crippen molar-refractivity contribution in [3.05, 3.63) is 54.4 Å².